The highest BCUT2D eigenvalue weighted by molar-refractivity contribution is 6.30. The maximum absolute atomic E-state index is 12.1. The molecule has 1 amide bonds. The highest BCUT2D eigenvalue weighted by atomic mass is 35.5. The van der Waals surface area contributed by atoms with E-state index in [9.17, 15) is 14.7 Å². The van der Waals surface area contributed by atoms with Crippen molar-refractivity contribution in [3.8, 4) is 11.5 Å². The summed E-state index contributed by atoms with van der Waals surface area (Å²) in [6, 6.07) is 10.7. The lowest BCUT2D eigenvalue weighted by Crippen LogP contribution is -2.30. The minimum Gasteiger partial charge on any atom is -0.507 e. The maximum Gasteiger partial charge on any atom is 0.342 e. The fraction of sp³-hybridized carbons (Fsp3) is 0.176. The molecule has 0 bridgehead atoms. The van der Waals surface area contributed by atoms with Crippen LogP contribution >= 0.6 is 11.6 Å². The van der Waals surface area contributed by atoms with Crippen molar-refractivity contribution in [3.63, 3.8) is 0 Å². The third-order valence-electron chi connectivity index (χ3n) is 3.19. The molecule has 0 aliphatic rings. The molecule has 7 heteroatoms. The Balaban J connectivity index is 2.00. The number of aromatic hydroxyl groups is 1. The molecule has 2 aromatic carbocycles. The first kappa shape index (κ1) is 17.6. The Labute approximate surface area is 144 Å². The number of halogens is 1. The molecule has 2 aromatic rings. The van der Waals surface area contributed by atoms with Gasteiger partial charge in [-0.2, -0.15) is 0 Å². The minimum atomic E-state index is -1.05. The monoisotopic (exact) mass is 349 g/mol. The molecule has 2 rings (SSSR count). The predicted octanol–water partition coefficient (Wildman–Crippen LogP) is 3.24. The summed E-state index contributed by atoms with van der Waals surface area (Å²) >= 11 is 5.77. The third kappa shape index (κ3) is 4.39. The van der Waals surface area contributed by atoms with E-state index < -0.39 is 18.0 Å². The second kappa shape index (κ2) is 7.70. The Kier molecular flexibility index (Phi) is 5.65. The van der Waals surface area contributed by atoms with Gasteiger partial charge in [0.2, 0.25) is 0 Å². The molecular weight excluding hydrogens is 334 g/mol. The fourth-order valence-electron chi connectivity index (χ4n) is 1.87. The Hall–Kier alpha value is -2.73. The molecule has 0 aromatic heterocycles. The molecule has 0 heterocycles. The second-order valence-corrected chi connectivity index (χ2v) is 5.36. The van der Waals surface area contributed by atoms with E-state index >= 15 is 0 Å². The van der Waals surface area contributed by atoms with E-state index in [1.807, 2.05) is 0 Å². The molecular formula is C17H16ClNO5. The van der Waals surface area contributed by atoms with Gasteiger partial charge in [0, 0.05) is 16.8 Å². The predicted molar refractivity (Wildman–Crippen MR) is 89.6 cm³/mol. The molecule has 0 unspecified atom stereocenters. The number of hydrogen-bond acceptors (Lipinski definition) is 5. The Morgan fingerprint density at radius 1 is 1.17 bits per heavy atom. The number of benzene rings is 2. The Bertz CT molecular complexity index is 745. The molecule has 0 fully saturated rings. The van der Waals surface area contributed by atoms with Crippen molar-refractivity contribution in [2.75, 3.05) is 12.4 Å². The van der Waals surface area contributed by atoms with Crippen LogP contribution in [0.4, 0.5) is 5.69 Å². The van der Waals surface area contributed by atoms with Crippen molar-refractivity contribution in [2.45, 2.75) is 13.0 Å². The molecule has 1 atom stereocenters. The maximum atomic E-state index is 12.1. The molecule has 0 saturated carbocycles. The SMILES string of the molecule is COc1ccc(C(=O)O[C@H](C)C(=O)Nc2ccc(Cl)cc2)c(O)c1. The number of methoxy groups -OCH3 is 1. The second-order valence-electron chi connectivity index (χ2n) is 4.93. The van der Waals surface area contributed by atoms with Gasteiger partial charge in [0.25, 0.3) is 5.91 Å². The number of phenolic OH excluding ortho intramolecular Hbond substituents is 1. The number of phenols is 1. The number of nitrogens with one attached hydrogen (secondary N) is 1. The van der Waals surface area contributed by atoms with Gasteiger partial charge in [0.1, 0.15) is 17.1 Å². The molecule has 0 spiro atoms. The molecule has 0 saturated heterocycles. The number of hydrogen-bond donors (Lipinski definition) is 2. The van der Waals surface area contributed by atoms with Gasteiger partial charge in [0.05, 0.1) is 7.11 Å². The average Bonchev–Trinajstić information content (AvgIpc) is 2.56. The van der Waals surface area contributed by atoms with E-state index in [1.165, 1.54) is 32.2 Å². The smallest absolute Gasteiger partial charge is 0.342 e. The number of carbonyl (C=O) groups excluding carboxylic acids is 2. The fourth-order valence-corrected chi connectivity index (χ4v) is 1.99. The van der Waals surface area contributed by atoms with E-state index in [1.54, 1.807) is 24.3 Å². The summed E-state index contributed by atoms with van der Waals surface area (Å²) in [5, 5.41) is 13.0. The number of esters is 1. The summed E-state index contributed by atoms with van der Waals surface area (Å²) in [4.78, 5) is 24.1. The largest absolute Gasteiger partial charge is 0.507 e. The number of ether oxygens (including phenoxy) is 2. The van der Waals surface area contributed by atoms with Gasteiger partial charge in [0.15, 0.2) is 6.10 Å². The summed E-state index contributed by atoms with van der Waals surface area (Å²) in [6.45, 7) is 1.43. The summed E-state index contributed by atoms with van der Waals surface area (Å²) in [5.74, 6) is -1.20. The Morgan fingerprint density at radius 3 is 2.42 bits per heavy atom. The van der Waals surface area contributed by atoms with Crippen molar-refractivity contribution in [1.82, 2.24) is 0 Å². The van der Waals surface area contributed by atoms with Gasteiger partial charge >= 0.3 is 5.97 Å². The molecule has 126 valence electrons. The van der Waals surface area contributed by atoms with Crippen molar-refractivity contribution >= 4 is 29.2 Å². The lowest BCUT2D eigenvalue weighted by atomic mass is 10.2. The van der Waals surface area contributed by atoms with E-state index in [-0.39, 0.29) is 11.3 Å². The van der Waals surface area contributed by atoms with Gasteiger partial charge in [-0.25, -0.2) is 4.79 Å². The van der Waals surface area contributed by atoms with Crippen LogP contribution in [-0.2, 0) is 9.53 Å². The van der Waals surface area contributed by atoms with E-state index in [2.05, 4.69) is 5.32 Å². The zero-order valence-electron chi connectivity index (χ0n) is 13.1. The summed E-state index contributed by atoms with van der Waals surface area (Å²) < 4.78 is 10.0. The molecule has 0 aliphatic carbocycles. The zero-order valence-corrected chi connectivity index (χ0v) is 13.8. The number of anilines is 1. The van der Waals surface area contributed by atoms with E-state index in [0.717, 1.165) is 0 Å². The first-order chi connectivity index (χ1) is 11.4. The highest BCUT2D eigenvalue weighted by Crippen LogP contribution is 2.24. The number of amides is 1. The van der Waals surface area contributed by atoms with Crippen LogP contribution in [0.15, 0.2) is 42.5 Å². The molecule has 2 N–H and O–H groups in total. The van der Waals surface area contributed by atoms with Gasteiger partial charge in [-0.05, 0) is 43.3 Å². The van der Waals surface area contributed by atoms with Crippen LogP contribution in [0.2, 0.25) is 5.02 Å². The highest BCUT2D eigenvalue weighted by Gasteiger charge is 2.21. The molecule has 24 heavy (non-hydrogen) atoms. The lowest BCUT2D eigenvalue weighted by molar-refractivity contribution is -0.123. The normalized spacial score (nSPS) is 11.5. The van der Waals surface area contributed by atoms with Gasteiger partial charge in [-0.1, -0.05) is 11.6 Å². The number of rotatable bonds is 5. The van der Waals surface area contributed by atoms with Gasteiger partial charge in [-0.15, -0.1) is 0 Å². The number of carbonyl (C=O) groups is 2. The first-order valence-corrected chi connectivity index (χ1v) is 7.43. The van der Waals surface area contributed by atoms with E-state index in [4.69, 9.17) is 21.1 Å². The average molecular weight is 350 g/mol. The van der Waals surface area contributed by atoms with Crippen LogP contribution in [0.3, 0.4) is 0 Å². The third-order valence-corrected chi connectivity index (χ3v) is 3.44. The summed E-state index contributed by atoms with van der Waals surface area (Å²) in [6.07, 6.45) is -1.05. The molecule has 0 aliphatic heterocycles. The topological polar surface area (TPSA) is 84.9 Å². The van der Waals surface area contributed by atoms with Crippen molar-refractivity contribution in [1.29, 1.82) is 0 Å². The van der Waals surface area contributed by atoms with E-state index in [0.29, 0.717) is 16.5 Å². The molecule has 6 nitrogen and oxygen atoms in total. The van der Waals surface area contributed by atoms with Crippen LogP contribution in [0, 0.1) is 0 Å². The Morgan fingerprint density at radius 2 is 1.83 bits per heavy atom. The van der Waals surface area contributed by atoms with Gasteiger partial charge in [-0.3, -0.25) is 4.79 Å². The molecule has 0 radical (unpaired) electrons. The van der Waals surface area contributed by atoms with Crippen LogP contribution in [-0.4, -0.2) is 30.2 Å². The van der Waals surface area contributed by atoms with Crippen LogP contribution in [0.5, 0.6) is 11.5 Å². The van der Waals surface area contributed by atoms with Crippen LogP contribution < -0.4 is 10.1 Å². The lowest BCUT2D eigenvalue weighted by Gasteiger charge is -2.14. The summed E-state index contributed by atoms with van der Waals surface area (Å²) in [7, 11) is 1.44. The van der Waals surface area contributed by atoms with Crippen molar-refractivity contribution in [3.05, 3.63) is 53.1 Å². The summed E-state index contributed by atoms with van der Waals surface area (Å²) in [5.41, 5.74) is 0.474. The quantitative estimate of drug-likeness (QED) is 0.809. The van der Waals surface area contributed by atoms with Crippen molar-refractivity contribution in [2.24, 2.45) is 0 Å². The zero-order chi connectivity index (χ0) is 17.7. The minimum absolute atomic E-state index is 0.0538. The van der Waals surface area contributed by atoms with Crippen molar-refractivity contribution < 1.29 is 24.2 Å². The van der Waals surface area contributed by atoms with Crippen LogP contribution in [0.25, 0.3) is 0 Å². The first-order valence-electron chi connectivity index (χ1n) is 7.05. The van der Waals surface area contributed by atoms with Gasteiger partial charge < -0.3 is 19.9 Å². The standard InChI is InChI=1S/C17H16ClNO5/c1-10(16(21)19-12-5-3-11(18)4-6-12)24-17(22)14-8-7-13(23-2)9-15(14)20/h3-10,20H,1-2H3,(H,19,21)/t10-/m1/s1. The van der Waals surface area contributed by atoms with Crippen LogP contribution in [0.1, 0.15) is 17.3 Å².